The molecule has 2 atom stereocenters. The van der Waals surface area contributed by atoms with Gasteiger partial charge < -0.3 is 10.6 Å². The lowest BCUT2D eigenvalue weighted by Crippen LogP contribution is -2.29. The lowest BCUT2D eigenvalue weighted by molar-refractivity contribution is 0.522. The molecule has 1 heterocycles. The third kappa shape index (κ3) is 1.86. The van der Waals surface area contributed by atoms with Crippen LogP contribution in [-0.4, -0.2) is 19.6 Å². The van der Waals surface area contributed by atoms with Gasteiger partial charge in [-0.25, -0.2) is 0 Å². The maximum Gasteiger partial charge on any atom is 0.0377 e. The molecule has 0 amide bonds. The highest BCUT2D eigenvalue weighted by molar-refractivity contribution is 5.59. The van der Waals surface area contributed by atoms with E-state index in [1.807, 2.05) is 7.05 Å². The molecule has 1 aromatic carbocycles. The van der Waals surface area contributed by atoms with Gasteiger partial charge in [-0.2, -0.15) is 0 Å². The molecule has 1 aliphatic rings. The Balaban J connectivity index is 2.31. The minimum absolute atomic E-state index is 0.533. The van der Waals surface area contributed by atoms with Gasteiger partial charge in [0.2, 0.25) is 0 Å². The zero-order chi connectivity index (χ0) is 10.8. The van der Waals surface area contributed by atoms with Crippen molar-refractivity contribution in [1.82, 2.24) is 5.32 Å². The summed E-state index contributed by atoms with van der Waals surface area (Å²) in [6, 6.07) is 7.33. The highest BCUT2D eigenvalue weighted by Crippen LogP contribution is 2.34. The van der Waals surface area contributed by atoms with Crippen molar-refractivity contribution in [3.05, 3.63) is 29.3 Å². The van der Waals surface area contributed by atoms with Crippen LogP contribution in [0.5, 0.6) is 0 Å². The number of rotatable bonds is 3. The molecule has 2 heteroatoms. The molecule has 2 N–H and O–H groups in total. The molecule has 0 aliphatic carbocycles. The zero-order valence-electron chi connectivity index (χ0n) is 9.80. The van der Waals surface area contributed by atoms with Crippen LogP contribution in [0.1, 0.15) is 30.9 Å². The van der Waals surface area contributed by atoms with Gasteiger partial charge in [0, 0.05) is 24.2 Å². The van der Waals surface area contributed by atoms with Gasteiger partial charge in [-0.05, 0) is 37.6 Å². The third-order valence-corrected chi connectivity index (χ3v) is 3.50. The third-order valence-electron chi connectivity index (χ3n) is 3.50. The van der Waals surface area contributed by atoms with Crippen LogP contribution in [0.15, 0.2) is 18.2 Å². The highest BCUT2D eigenvalue weighted by Gasteiger charge is 2.26. The van der Waals surface area contributed by atoms with Crippen molar-refractivity contribution in [2.24, 2.45) is 0 Å². The van der Waals surface area contributed by atoms with E-state index in [4.69, 9.17) is 0 Å². The van der Waals surface area contributed by atoms with E-state index in [1.54, 1.807) is 0 Å². The first-order valence-corrected chi connectivity index (χ1v) is 5.80. The largest absolute Gasteiger partial charge is 0.384 e. The number of likely N-dealkylation sites (N-methyl/N-ethyl adjacent to an activating group) is 1. The van der Waals surface area contributed by atoms with E-state index < -0.39 is 0 Å². The molecule has 0 aromatic heterocycles. The van der Waals surface area contributed by atoms with Gasteiger partial charge in [-0.15, -0.1) is 0 Å². The highest BCUT2D eigenvalue weighted by atomic mass is 15.0. The van der Waals surface area contributed by atoms with Crippen LogP contribution < -0.4 is 10.6 Å². The molecule has 1 aromatic rings. The molecular formula is C13H20N2. The van der Waals surface area contributed by atoms with Crippen molar-refractivity contribution in [2.45, 2.75) is 32.2 Å². The van der Waals surface area contributed by atoms with Gasteiger partial charge in [-0.3, -0.25) is 0 Å². The number of hydrogen-bond acceptors (Lipinski definition) is 2. The normalized spacial score (nSPS) is 20.9. The predicted molar refractivity (Wildman–Crippen MR) is 65.6 cm³/mol. The Labute approximate surface area is 92.1 Å². The molecule has 0 saturated heterocycles. The number of aryl methyl sites for hydroxylation is 1. The van der Waals surface area contributed by atoms with Crippen molar-refractivity contribution in [2.75, 3.05) is 18.9 Å². The smallest absolute Gasteiger partial charge is 0.0377 e. The van der Waals surface area contributed by atoms with E-state index in [9.17, 15) is 0 Å². The van der Waals surface area contributed by atoms with E-state index in [-0.39, 0.29) is 0 Å². The summed E-state index contributed by atoms with van der Waals surface area (Å²) in [5, 5.41) is 6.82. The average Bonchev–Trinajstić information content (AvgIpc) is 2.70. The fourth-order valence-electron chi connectivity index (χ4n) is 2.28. The van der Waals surface area contributed by atoms with Gasteiger partial charge in [0.05, 0.1) is 0 Å². The Morgan fingerprint density at radius 2 is 2.33 bits per heavy atom. The predicted octanol–water partition coefficient (Wildman–Crippen LogP) is 2.37. The van der Waals surface area contributed by atoms with E-state index in [2.05, 4.69) is 42.7 Å². The maximum absolute atomic E-state index is 3.48. The fourth-order valence-corrected chi connectivity index (χ4v) is 2.28. The number of anilines is 1. The molecule has 0 radical (unpaired) electrons. The van der Waals surface area contributed by atoms with E-state index in [0.717, 1.165) is 13.0 Å². The monoisotopic (exact) mass is 204 g/mol. The minimum Gasteiger partial charge on any atom is -0.384 e. The van der Waals surface area contributed by atoms with Crippen molar-refractivity contribution >= 4 is 5.69 Å². The van der Waals surface area contributed by atoms with Crippen molar-refractivity contribution in [1.29, 1.82) is 0 Å². The lowest BCUT2D eigenvalue weighted by Gasteiger charge is -2.18. The Morgan fingerprint density at radius 3 is 3.00 bits per heavy atom. The summed E-state index contributed by atoms with van der Waals surface area (Å²) in [7, 11) is 2.03. The van der Waals surface area contributed by atoms with Crippen molar-refractivity contribution < 1.29 is 0 Å². The zero-order valence-corrected chi connectivity index (χ0v) is 9.80. The summed E-state index contributed by atoms with van der Waals surface area (Å²) in [6.45, 7) is 5.52. The summed E-state index contributed by atoms with van der Waals surface area (Å²) < 4.78 is 0. The molecule has 2 rings (SSSR count). The molecule has 82 valence electrons. The van der Waals surface area contributed by atoms with Gasteiger partial charge in [-0.1, -0.05) is 19.1 Å². The molecule has 0 bridgehead atoms. The van der Waals surface area contributed by atoms with Crippen LogP contribution in [0.4, 0.5) is 5.69 Å². The van der Waals surface area contributed by atoms with Crippen LogP contribution in [0.25, 0.3) is 0 Å². The number of benzene rings is 1. The Hall–Kier alpha value is -1.02. The second-order valence-electron chi connectivity index (χ2n) is 4.34. The van der Waals surface area contributed by atoms with Gasteiger partial charge in [0.25, 0.3) is 0 Å². The van der Waals surface area contributed by atoms with E-state index in [1.165, 1.54) is 16.8 Å². The first kappa shape index (κ1) is 10.5. The summed E-state index contributed by atoms with van der Waals surface area (Å²) in [4.78, 5) is 0. The lowest BCUT2D eigenvalue weighted by atomic mass is 9.93. The van der Waals surface area contributed by atoms with Crippen LogP contribution in [0, 0.1) is 0 Å². The number of hydrogen-bond donors (Lipinski definition) is 2. The minimum atomic E-state index is 0.533. The summed E-state index contributed by atoms with van der Waals surface area (Å²) in [5.74, 6) is 0.608. The van der Waals surface area contributed by atoms with E-state index >= 15 is 0 Å². The topological polar surface area (TPSA) is 24.1 Å². The van der Waals surface area contributed by atoms with Gasteiger partial charge in [0.15, 0.2) is 0 Å². The maximum atomic E-state index is 3.48. The Morgan fingerprint density at radius 1 is 1.53 bits per heavy atom. The summed E-state index contributed by atoms with van der Waals surface area (Å²) in [6.07, 6.45) is 1.12. The Kier molecular flexibility index (Phi) is 2.96. The summed E-state index contributed by atoms with van der Waals surface area (Å²) in [5.41, 5.74) is 4.24. The molecule has 0 fully saturated rings. The summed E-state index contributed by atoms with van der Waals surface area (Å²) >= 11 is 0. The van der Waals surface area contributed by atoms with Crippen LogP contribution in [-0.2, 0) is 6.42 Å². The number of fused-ring (bicyclic) bond motifs is 1. The molecule has 15 heavy (non-hydrogen) atoms. The van der Waals surface area contributed by atoms with Crippen LogP contribution in [0.2, 0.25) is 0 Å². The molecule has 0 saturated carbocycles. The van der Waals surface area contributed by atoms with Crippen LogP contribution in [0.3, 0.4) is 0 Å². The molecular weight excluding hydrogens is 184 g/mol. The molecule has 0 spiro atoms. The van der Waals surface area contributed by atoms with Gasteiger partial charge >= 0.3 is 0 Å². The van der Waals surface area contributed by atoms with Crippen LogP contribution >= 0.6 is 0 Å². The first-order valence-electron chi connectivity index (χ1n) is 5.80. The van der Waals surface area contributed by atoms with E-state index in [0.29, 0.717) is 12.0 Å². The first-order chi connectivity index (χ1) is 7.26. The van der Waals surface area contributed by atoms with Gasteiger partial charge in [0.1, 0.15) is 0 Å². The average molecular weight is 204 g/mol. The Bertz CT molecular complexity index is 346. The standard InChI is InChI=1S/C13H20N2/c1-4-10-5-6-13-11(7-10)12(8-15-13)9(2)14-3/h5-7,9,12,14-15H,4,8H2,1-3H3. The number of nitrogens with one attached hydrogen (secondary N) is 2. The molecule has 2 nitrogen and oxygen atoms in total. The SMILES string of the molecule is CCc1ccc2c(c1)C(C(C)NC)CN2. The van der Waals surface area contributed by atoms with Crippen molar-refractivity contribution in [3.63, 3.8) is 0 Å². The quantitative estimate of drug-likeness (QED) is 0.790. The fraction of sp³-hybridized carbons (Fsp3) is 0.538. The molecule has 1 aliphatic heterocycles. The second kappa shape index (κ2) is 4.23. The second-order valence-corrected chi connectivity index (χ2v) is 4.34. The van der Waals surface area contributed by atoms with Crippen molar-refractivity contribution in [3.8, 4) is 0 Å². The molecule has 2 unspecified atom stereocenters.